The van der Waals surface area contributed by atoms with Crippen molar-refractivity contribution in [2.24, 2.45) is 5.92 Å². The Balaban J connectivity index is 2.09. The topological polar surface area (TPSA) is 45.8 Å². The van der Waals surface area contributed by atoms with Gasteiger partial charge in [0.05, 0.1) is 5.69 Å². The van der Waals surface area contributed by atoms with Gasteiger partial charge < -0.3 is 0 Å². The molecule has 2 rings (SSSR count). The maximum atomic E-state index is 12.0. The Kier molecular flexibility index (Phi) is 4.15. The van der Waals surface area contributed by atoms with Crippen molar-refractivity contribution in [2.75, 3.05) is 0 Å². The molecule has 19 heavy (non-hydrogen) atoms. The summed E-state index contributed by atoms with van der Waals surface area (Å²) in [5.41, 5.74) is 3.99. The van der Waals surface area contributed by atoms with E-state index in [9.17, 15) is 4.79 Å². The third-order valence-corrected chi connectivity index (χ3v) is 3.46. The van der Waals surface area contributed by atoms with Crippen molar-refractivity contribution in [3.63, 3.8) is 0 Å². The van der Waals surface area contributed by atoms with Crippen LogP contribution in [-0.2, 0) is 6.42 Å². The van der Waals surface area contributed by atoms with Gasteiger partial charge in [0, 0.05) is 12.3 Å². The van der Waals surface area contributed by atoms with Crippen molar-refractivity contribution in [1.82, 2.24) is 10.2 Å². The fraction of sp³-hybridized carbons (Fsp3) is 0.375. The van der Waals surface area contributed by atoms with Gasteiger partial charge >= 0.3 is 0 Å². The van der Waals surface area contributed by atoms with Crippen molar-refractivity contribution in [2.45, 2.75) is 33.6 Å². The minimum absolute atomic E-state index is 0.0488. The lowest BCUT2D eigenvalue weighted by Gasteiger charge is -2.03. The summed E-state index contributed by atoms with van der Waals surface area (Å²) in [6.07, 6.45) is 1.61. The number of rotatable bonds is 5. The van der Waals surface area contributed by atoms with Gasteiger partial charge in [0.15, 0.2) is 5.78 Å². The van der Waals surface area contributed by atoms with Crippen LogP contribution in [0.2, 0.25) is 0 Å². The second kappa shape index (κ2) is 5.83. The molecule has 3 heteroatoms. The molecule has 0 aliphatic heterocycles. The van der Waals surface area contributed by atoms with Crippen LogP contribution < -0.4 is 0 Å². The summed E-state index contributed by atoms with van der Waals surface area (Å²) in [4.78, 5) is 12.0. The van der Waals surface area contributed by atoms with E-state index in [1.165, 1.54) is 11.1 Å². The normalized spacial score (nSPS) is 12.4. The first kappa shape index (κ1) is 13.5. The Morgan fingerprint density at radius 1 is 1.32 bits per heavy atom. The molecule has 0 saturated carbocycles. The summed E-state index contributed by atoms with van der Waals surface area (Å²) in [6, 6.07) is 10.2. The van der Waals surface area contributed by atoms with Crippen molar-refractivity contribution < 1.29 is 4.79 Å². The van der Waals surface area contributed by atoms with Crippen LogP contribution in [0.25, 0.3) is 0 Å². The Labute approximate surface area is 114 Å². The lowest BCUT2D eigenvalue weighted by Crippen LogP contribution is -2.10. The molecule has 1 heterocycles. The van der Waals surface area contributed by atoms with Crippen LogP contribution in [0.4, 0.5) is 0 Å². The number of aromatic nitrogens is 2. The van der Waals surface area contributed by atoms with Gasteiger partial charge in [0.25, 0.3) is 0 Å². The SMILES string of the molecule is CCC(C)C(=O)c1cc(Cc2ccc(C)cc2)n[nH]1. The van der Waals surface area contributed by atoms with Crippen LogP contribution in [0.3, 0.4) is 0 Å². The number of benzene rings is 1. The molecule has 1 N–H and O–H groups in total. The van der Waals surface area contributed by atoms with Crippen molar-refractivity contribution in [3.05, 3.63) is 52.8 Å². The number of hydrogen-bond acceptors (Lipinski definition) is 2. The van der Waals surface area contributed by atoms with E-state index < -0.39 is 0 Å². The quantitative estimate of drug-likeness (QED) is 0.832. The number of nitrogens with zero attached hydrogens (tertiary/aromatic N) is 1. The minimum atomic E-state index is 0.0488. The molecule has 3 nitrogen and oxygen atoms in total. The number of carbonyl (C=O) groups excluding carboxylic acids is 1. The second-order valence-electron chi connectivity index (χ2n) is 5.11. The van der Waals surface area contributed by atoms with Gasteiger partial charge in [-0.15, -0.1) is 0 Å². The molecule has 1 aromatic carbocycles. The third kappa shape index (κ3) is 3.31. The molecule has 0 radical (unpaired) electrons. The molecule has 0 amide bonds. The number of ketones is 1. The number of aryl methyl sites for hydroxylation is 1. The van der Waals surface area contributed by atoms with Crippen LogP contribution in [-0.4, -0.2) is 16.0 Å². The average Bonchev–Trinajstić information content (AvgIpc) is 2.88. The highest BCUT2D eigenvalue weighted by Crippen LogP contribution is 2.13. The second-order valence-corrected chi connectivity index (χ2v) is 5.11. The molecular formula is C16H20N2O. The van der Waals surface area contributed by atoms with Crippen molar-refractivity contribution in [1.29, 1.82) is 0 Å². The van der Waals surface area contributed by atoms with Crippen LogP contribution >= 0.6 is 0 Å². The zero-order chi connectivity index (χ0) is 13.8. The van der Waals surface area contributed by atoms with Gasteiger partial charge in [-0.25, -0.2) is 0 Å². The van der Waals surface area contributed by atoms with E-state index in [0.29, 0.717) is 5.69 Å². The molecule has 1 atom stereocenters. The Morgan fingerprint density at radius 2 is 2.00 bits per heavy atom. The molecule has 0 bridgehead atoms. The molecule has 0 saturated heterocycles. The fourth-order valence-corrected chi connectivity index (χ4v) is 1.95. The number of aromatic amines is 1. The third-order valence-electron chi connectivity index (χ3n) is 3.46. The largest absolute Gasteiger partial charge is 0.292 e. The summed E-state index contributed by atoms with van der Waals surface area (Å²) in [7, 11) is 0. The van der Waals surface area contributed by atoms with Crippen LogP contribution in [0.1, 0.15) is 47.6 Å². The smallest absolute Gasteiger partial charge is 0.183 e. The predicted molar refractivity (Wildman–Crippen MR) is 76.4 cm³/mol. The van der Waals surface area contributed by atoms with E-state index in [2.05, 4.69) is 41.4 Å². The average molecular weight is 256 g/mol. The first-order chi connectivity index (χ1) is 9.10. The highest BCUT2D eigenvalue weighted by Gasteiger charge is 2.15. The lowest BCUT2D eigenvalue weighted by molar-refractivity contribution is 0.0922. The van der Waals surface area contributed by atoms with Gasteiger partial charge in [-0.2, -0.15) is 5.10 Å². The van der Waals surface area contributed by atoms with E-state index in [0.717, 1.165) is 18.5 Å². The molecule has 1 unspecified atom stereocenters. The first-order valence-electron chi connectivity index (χ1n) is 6.74. The van der Waals surface area contributed by atoms with E-state index in [-0.39, 0.29) is 11.7 Å². The number of nitrogens with one attached hydrogen (secondary N) is 1. The fourth-order valence-electron chi connectivity index (χ4n) is 1.95. The maximum Gasteiger partial charge on any atom is 0.183 e. The molecule has 2 aromatic rings. The number of carbonyl (C=O) groups is 1. The van der Waals surface area contributed by atoms with Gasteiger partial charge in [-0.1, -0.05) is 43.7 Å². The monoisotopic (exact) mass is 256 g/mol. The van der Waals surface area contributed by atoms with Gasteiger partial charge in [0.2, 0.25) is 0 Å². The van der Waals surface area contributed by atoms with Crippen LogP contribution in [0.5, 0.6) is 0 Å². The molecule has 0 fully saturated rings. The zero-order valence-corrected chi connectivity index (χ0v) is 11.7. The summed E-state index contributed by atoms with van der Waals surface area (Å²) in [5.74, 6) is 0.192. The Hall–Kier alpha value is -1.90. The minimum Gasteiger partial charge on any atom is -0.292 e. The Bertz CT molecular complexity index is 554. The number of Topliss-reactive ketones (excluding diaryl/α,β-unsaturated/α-hetero) is 1. The molecule has 0 spiro atoms. The van der Waals surface area contributed by atoms with Gasteiger partial charge in [-0.05, 0) is 25.0 Å². The first-order valence-corrected chi connectivity index (χ1v) is 6.74. The van der Waals surface area contributed by atoms with Crippen molar-refractivity contribution >= 4 is 5.78 Å². The highest BCUT2D eigenvalue weighted by molar-refractivity contribution is 5.95. The van der Waals surface area contributed by atoms with Gasteiger partial charge in [-0.3, -0.25) is 9.89 Å². The van der Waals surface area contributed by atoms with E-state index >= 15 is 0 Å². The number of hydrogen-bond donors (Lipinski definition) is 1. The summed E-state index contributed by atoms with van der Waals surface area (Å²) < 4.78 is 0. The zero-order valence-electron chi connectivity index (χ0n) is 11.7. The van der Waals surface area contributed by atoms with Crippen LogP contribution in [0.15, 0.2) is 30.3 Å². The molecule has 0 aliphatic rings. The molecule has 1 aromatic heterocycles. The predicted octanol–water partition coefficient (Wildman–Crippen LogP) is 3.54. The summed E-state index contributed by atoms with van der Waals surface area (Å²) >= 11 is 0. The van der Waals surface area contributed by atoms with E-state index in [4.69, 9.17) is 0 Å². The Morgan fingerprint density at radius 3 is 2.63 bits per heavy atom. The van der Waals surface area contributed by atoms with Crippen molar-refractivity contribution in [3.8, 4) is 0 Å². The molecular weight excluding hydrogens is 236 g/mol. The highest BCUT2D eigenvalue weighted by atomic mass is 16.1. The van der Waals surface area contributed by atoms with E-state index in [1.807, 2.05) is 19.9 Å². The standard InChI is InChI=1S/C16H20N2O/c1-4-12(3)16(19)15-10-14(17-18-15)9-13-7-5-11(2)6-8-13/h5-8,10,12H,4,9H2,1-3H3,(H,17,18). The van der Waals surface area contributed by atoms with Gasteiger partial charge in [0.1, 0.15) is 5.69 Å². The molecule has 100 valence electrons. The molecule has 0 aliphatic carbocycles. The lowest BCUT2D eigenvalue weighted by atomic mass is 10.0. The van der Waals surface area contributed by atoms with E-state index in [1.54, 1.807) is 0 Å². The summed E-state index contributed by atoms with van der Waals surface area (Å²) in [6.45, 7) is 6.04. The number of H-pyrrole nitrogens is 1. The summed E-state index contributed by atoms with van der Waals surface area (Å²) in [5, 5.41) is 7.08. The van der Waals surface area contributed by atoms with Crippen LogP contribution in [0, 0.1) is 12.8 Å². The maximum absolute atomic E-state index is 12.0.